The highest BCUT2D eigenvalue weighted by molar-refractivity contribution is 7.84. The van der Waals surface area contributed by atoms with Gasteiger partial charge in [-0.3, -0.25) is 0 Å². The largest absolute Gasteiger partial charge is 0.394 e. The van der Waals surface area contributed by atoms with Crippen molar-refractivity contribution in [2.45, 2.75) is 62.6 Å². The summed E-state index contributed by atoms with van der Waals surface area (Å²) in [5, 5.41) is 37.1. The molecule has 1 fully saturated rings. The summed E-state index contributed by atoms with van der Waals surface area (Å²) in [6.07, 6.45) is -3.42. The van der Waals surface area contributed by atoms with Crippen LogP contribution < -0.4 is 4.72 Å². The highest BCUT2D eigenvalue weighted by Crippen LogP contribution is 2.19. The number of aldehydes is 1. The summed E-state index contributed by atoms with van der Waals surface area (Å²) in [7, 11) is -4.30. The van der Waals surface area contributed by atoms with Crippen LogP contribution in [0, 0.1) is 0 Å². The summed E-state index contributed by atoms with van der Waals surface area (Å²) in [4.78, 5) is 10.9. The minimum atomic E-state index is -4.30. The molecule has 10 heteroatoms. The van der Waals surface area contributed by atoms with Crippen LogP contribution in [-0.4, -0.2) is 72.2 Å². The maximum atomic E-state index is 11.8. The van der Waals surface area contributed by atoms with Crippen molar-refractivity contribution in [1.29, 1.82) is 0 Å². The van der Waals surface area contributed by atoms with Crippen LogP contribution in [0.15, 0.2) is 0 Å². The summed E-state index contributed by atoms with van der Waals surface area (Å²) in [5.74, 6) is 0. The smallest absolute Gasteiger partial charge is 0.336 e. The molecule has 1 aliphatic carbocycles. The van der Waals surface area contributed by atoms with Gasteiger partial charge in [0.15, 0.2) is 12.4 Å². The van der Waals surface area contributed by atoms with Crippen LogP contribution in [0.2, 0.25) is 0 Å². The lowest BCUT2D eigenvalue weighted by molar-refractivity contribution is -0.132. The second kappa shape index (κ2) is 8.87. The normalized spacial score (nSPS) is 22.7. The zero-order chi connectivity index (χ0) is 16.8. The van der Waals surface area contributed by atoms with Gasteiger partial charge in [-0.15, -0.1) is 0 Å². The van der Waals surface area contributed by atoms with Crippen LogP contribution in [-0.2, 0) is 19.3 Å². The third-order valence-electron chi connectivity index (χ3n) is 3.56. The van der Waals surface area contributed by atoms with E-state index in [1.54, 1.807) is 0 Å². The van der Waals surface area contributed by atoms with Gasteiger partial charge in [-0.1, -0.05) is 19.3 Å². The average molecular weight is 341 g/mol. The second-order valence-corrected chi connectivity index (χ2v) is 6.67. The lowest BCUT2D eigenvalue weighted by atomic mass is 9.96. The van der Waals surface area contributed by atoms with Gasteiger partial charge in [-0.25, -0.2) is 4.18 Å². The van der Waals surface area contributed by atoms with Gasteiger partial charge in [0.25, 0.3) is 0 Å². The highest BCUT2D eigenvalue weighted by atomic mass is 32.2. The summed E-state index contributed by atoms with van der Waals surface area (Å²) in [6, 6.07) is -0.295. The molecule has 5 N–H and O–H groups in total. The second-order valence-electron chi connectivity index (χ2n) is 5.33. The molecule has 0 aromatic rings. The van der Waals surface area contributed by atoms with Crippen LogP contribution in [0.3, 0.4) is 0 Å². The fourth-order valence-corrected chi connectivity index (χ4v) is 3.44. The Kier molecular flexibility index (Phi) is 7.83. The fraction of sp³-hybridized carbons (Fsp3) is 0.917. The summed E-state index contributed by atoms with van der Waals surface area (Å²) in [6.45, 7) is -0.864. The first-order valence-corrected chi connectivity index (χ1v) is 8.52. The molecule has 0 heterocycles. The van der Waals surface area contributed by atoms with Crippen molar-refractivity contribution in [3.05, 3.63) is 0 Å². The fourth-order valence-electron chi connectivity index (χ4n) is 2.29. The first kappa shape index (κ1) is 19.4. The molecule has 0 aromatic heterocycles. The van der Waals surface area contributed by atoms with Gasteiger partial charge in [-0.2, -0.15) is 13.1 Å². The molecule has 0 amide bonds. The molecule has 0 unspecified atom stereocenters. The van der Waals surface area contributed by atoms with E-state index in [0.29, 0.717) is 12.8 Å². The maximum Gasteiger partial charge on any atom is 0.336 e. The van der Waals surface area contributed by atoms with Crippen LogP contribution in [0.5, 0.6) is 0 Å². The predicted molar refractivity (Wildman–Crippen MR) is 75.0 cm³/mol. The van der Waals surface area contributed by atoms with Gasteiger partial charge in [0.2, 0.25) is 0 Å². The van der Waals surface area contributed by atoms with Crippen molar-refractivity contribution in [1.82, 2.24) is 4.72 Å². The molecular formula is C12H23NO8S. The zero-order valence-electron chi connectivity index (χ0n) is 12.0. The van der Waals surface area contributed by atoms with Gasteiger partial charge in [0.1, 0.15) is 18.3 Å². The number of nitrogens with one attached hydrogen (secondary N) is 1. The molecule has 1 aliphatic rings. The Labute approximate surface area is 129 Å². The molecule has 4 atom stereocenters. The van der Waals surface area contributed by atoms with Gasteiger partial charge >= 0.3 is 10.3 Å². The van der Waals surface area contributed by atoms with Crippen molar-refractivity contribution < 1.29 is 37.8 Å². The minimum absolute atomic E-state index is 0.0120. The third-order valence-corrected chi connectivity index (χ3v) is 4.65. The Morgan fingerprint density at radius 2 is 1.73 bits per heavy atom. The highest BCUT2D eigenvalue weighted by Gasteiger charge is 2.35. The molecule has 1 rings (SSSR count). The zero-order valence-corrected chi connectivity index (χ0v) is 12.9. The Morgan fingerprint density at radius 3 is 2.23 bits per heavy atom. The van der Waals surface area contributed by atoms with E-state index < -0.39 is 41.3 Å². The van der Waals surface area contributed by atoms with Crippen molar-refractivity contribution in [2.75, 3.05) is 6.61 Å². The number of hydrogen-bond acceptors (Lipinski definition) is 8. The number of aliphatic hydroxyl groups excluding tert-OH is 4. The number of carbonyl (C=O) groups excluding carboxylic acids is 1. The first-order chi connectivity index (χ1) is 10.3. The summed E-state index contributed by atoms with van der Waals surface area (Å²) in [5.41, 5.74) is 0. The van der Waals surface area contributed by atoms with E-state index in [2.05, 4.69) is 8.91 Å². The Morgan fingerprint density at radius 1 is 1.14 bits per heavy atom. The number of rotatable bonds is 9. The minimum Gasteiger partial charge on any atom is -0.394 e. The van der Waals surface area contributed by atoms with Gasteiger partial charge in [-0.05, 0) is 12.8 Å². The quantitative estimate of drug-likeness (QED) is 0.296. The van der Waals surface area contributed by atoms with Gasteiger partial charge in [0.05, 0.1) is 6.61 Å². The molecule has 9 nitrogen and oxygen atoms in total. The number of carbonyl (C=O) groups is 1. The molecule has 130 valence electrons. The van der Waals surface area contributed by atoms with E-state index in [4.69, 9.17) is 5.11 Å². The summed E-state index contributed by atoms with van der Waals surface area (Å²) < 4.78 is 30.5. The topological polar surface area (TPSA) is 153 Å². The predicted octanol–water partition coefficient (Wildman–Crippen LogP) is -2.19. The molecule has 0 aromatic carbocycles. The lowest BCUT2D eigenvalue weighted by Crippen LogP contribution is -2.49. The summed E-state index contributed by atoms with van der Waals surface area (Å²) >= 11 is 0. The lowest BCUT2D eigenvalue weighted by Gasteiger charge is -2.27. The molecule has 0 saturated heterocycles. The van der Waals surface area contributed by atoms with E-state index in [0.717, 1.165) is 19.3 Å². The standard InChI is InChI=1S/C12H23NO8S/c14-6-9(16)11(17)12(18)10(7-15)21-22(19,20)13-8-4-2-1-3-5-8/h7-14,16-18H,1-6H2/t9-,10+,11-,12-/m1/s1. The maximum absolute atomic E-state index is 11.8. The van der Waals surface area contributed by atoms with Crippen molar-refractivity contribution in [2.24, 2.45) is 0 Å². The van der Waals surface area contributed by atoms with E-state index in [1.807, 2.05) is 0 Å². The number of aliphatic hydroxyl groups is 4. The Balaban J connectivity index is 2.64. The van der Waals surface area contributed by atoms with E-state index in [-0.39, 0.29) is 12.3 Å². The van der Waals surface area contributed by atoms with Crippen LogP contribution in [0.25, 0.3) is 0 Å². The molecule has 0 bridgehead atoms. The van der Waals surface area contributed by atoms with E-state index in [1.165, 1.54) is 0 Å². The van der Waals surface area contributed by atoms with Crippen LogP contribution in [0.4, 0.5) is 0 Å². The monoisotopic (exact) mass is 341 g/mol. The molecule has 0 aliphatic heterocycles. The Bertz CT molecular complexity index is 436. The van der Waals surface area contributed by atoms with Crippen LogP contribution >= 0.6 is 0 Å². The first-order valence-electron chi connectivity index (χ1n) is 7.11. The number of hydrogen-bond donors (Lipinski definition) is 5. The average Bonchev–Trinajstić information content (AvgIpc) is 2.50. The van der Waals surface area contributed by atoms with E-state index in [9.17, 15) is 28.5 Å². The molecular weight excluding hydrogens is 318 g/mol. The molecule has 0 spiro atoms. The van der Waals surface area contributed by atoms with Gasteiger partial charge < -0.3 is 25.2 Å². The van der Waals surface area contributed by atoms with Crippen molar-refractivity contribution >= 4 is 16.6 Å². The third kappa shape index (κ3) is 5.88. The van der Waals surface area contributed by atoms with Crippen molar-refractivity contribution in [3.8, 4) is 0 Å². The van der Waals surface area contributed by atoms with E-state index >= 15 is 0 Å². The Hall–Kier alpha value is -0.620. The molecule has 0 radical (unpaired) electrons. The molecule has 1 saturated carbocycles. The SMILES string of the molecule is O=C[C@H](OS(=O)(=O)NC1CCCCC1)[C@@H](O)[C@H](O)[C@H](O)CO. The van der Waals surface area contributed by atoms with Crippen LogP contribution in [0.1, 0.15) is 32.1 Å². The molecule has 22 heavy (non-hydrogen) atoms. The van der Waals surface area contributed by atoms with Crippen molar-refractivity contribution in [3.63, 3.8) is 0 Å². The van der Waals surface area contributed by atoms with Gasteiger partial charge in [0, 0.05) is 6.04 Å².